The molecule has 0 saturated carbocycles. The minimum absolute atomic E-state index is 0.510. The van der Waals surface area contributed by atoms with Gasteiger partial charge in [0, 0.05) is 12.2 Å². The van der Waals surface area contributed by atoms with Crippen LogP contribution in [0.25, 0.3) is 0 Å². The van der Waals surface area contributed by atoms with Crippen molar-refractivity contribution >= 4 is 0 Å². The molecule has 1 aliphatic heterocycles. The van der Waals surface area contributed by atoms with E-state index in [-0.39, 0.29) is 0 Å². The fraction of sp³-hybridized carbons (Fsp3) is 0.545. The Bertz CT molecular complexity index is 215. The van der Waals surface area contributed by atoms with Crippen molar-refractivity contribution in [1.29, 1.82) is 0 Å². The molecule has 1 aromatic heterocycles. The van der Waals surface area contributed by atoms with E-state index in [1.54, 1.807) is 0 Å². The van der Waals surface area contributed by atoms with Crippen LogP contribution < -0.4 is 5.32 Å². The Hall–Kier alpha value is -0.890. The van der Waals surface area contributed by atoms with Crippen LogP contribution >= 0.6 is 0 Å². The average Bonchev–Trinajstić information content (AvgIpc) is 2.75. The summed E-state index contributed by atoms with van der Waals surface area (Å²) >= 11 is 0. The number of hydrogen-bond acceptors (Lipinski definition) is 2. The summed E-state index contributed by atoms with van der Waals surface area (Å²) in [6.45, 7) is 5.14. The topological polar surface area (TPSA) is 24.9 Å². The molecule has 1 atom stereocenters. The Morgan fingerprint density at radius 3 is 2.77 bits per heavy atom. The second-order valence-electron chi connectivity index (χ2n) is 2.90. The zero-order valence-electron chi connectivity index (χ0n) is 8.46. The summed E-state index contributed by atoms with van der Waals surface area (Å²) in [5.74, 6) is 0. The Kier molecular flexibility index (Phi) is 4.47. The van der Waals surface area contributed by atoms with Crippen LogP contribution in [-0.2, 0) is 0 Å². The molecule has 2 heteroatoms. The highest BCUT2D eigenvalue weighted by molar-refractivity contribution is 5.09. The molecule has 2 heterocycles. The normalized spacial score (nSPS) is 20.6. The molecule has 0 spiro atoms. The summed E-state index contributed by atoms with van der Waals surface area (Å²) in [5, 5.41) is 3.41. The third kappa shape index (κ3) is 2.81. The van der Waals surface area contributed by atoms with Crippen molar-refractivity contribution in [2.24, 2.45) is 0 Å². The van der Waals surface area contributed by atoms with Gasteiger partial charge in [0.25, 0.3) is 0 Å². The maximum absolute atomic E-state index is 4.30. The van der Waals surface area contributed by atoms with Crippen LogP contribution in [0.15, 0.2) is 24.4 Å². The summed E-state index contributed by atoms with van der Waals surface area (Å²) in [6.07, 6.45) is 4.37. The quantitative estimate of drug-likeness (QED) is 0.714. The minimum atomic E-state index is 0.510. The monoisotopic (exact) mass is 178 g/mol. The van der Waals surface area contributed by atoms with Crippen molar-refractivity contribution in [3.8, 4) is 0 Å². The van der Waals surface area contributed by atoms with Crippen molar-refractivity contribution in [3.63, 3.8) is 0 Å². The van der Waals surface area contributed by atoms with Gasteiger partial charge >= 0.3 is 0 Å². The number of nitrogens with zero attached hydrogens (tertiary/aromatic N) is 1. The molecule has 72 valence electrons. The van der Waals surface area contributed by atoms with Crippen LogP contribution in [0.3, 0.4) is 0 Å². The van der Waals surface area contributed by atoms with Crippen LogP contribution in [-0.4, -0.2) is 11.5 Å². The summed E-state index contributed by atoms with van der Waals surface area (Å²) in [6, 6.07) is 6.60. The van der Waals surface area contributed by atoms with Gasteiger partial charge in [-0.15, -0.1) is 0 Å². The van der Waals surface area contributed by atoms with E-state index >= 15 is 0 Å². The maximum atomic E-state index is 4.30. The van der Waals surface area contributed by atoms with Gasteiger partial charge in [0.15, 0.2) is 0 Å². The van der Waals surface area contributed by atoms with Crippen LogP contribution in [0.1, 0.15) is 38.4 Å². The molecular weight excluding hydrogens is 160 g/mol. The van der Waals surface area contributed by atoms with E-state index < -0.39 is 0 Å². The average molecular weight is 178 g/mol. The molecule has 2 nitrogen and oxygen atoms in total. The van der Waals surface area contributed by atoms with E-state index in [1.165, 1.54) is 18.5 Å². The van der Waals surface area contributed by atoms with Crippen molar-refractivity contribution in [1.82, 2.24) is 10.3 Å². The molecule has 1 unspecified atom stereocenters. The van der Waals surface area contributed by atoms with E-state index in [0.29, 0.717) is 6.04 Å². The molecule has 1 fully saturated rings. The molecular formula is C11H18N2. The largest absolute Gasteiger partial charge is 0.309 e. The highest BCUT2D eigenvalue weighted by Gasteiger charge is 2.15. The van der Waals surface area contributed by atoms with E-state index in [4.69, 9.17) is 0 Å². The molecule has 0 aromatic carbocycles. The molecule has 13 heavy (non-hydrogen) atoms. The van der Waals surface area contributed by atoms with Gasteiger partial charge < -0.3 is 5.32 Å². The summed E-state index contributed by atoms with van der Waals surface area (Å²) < 4.78 is 0. The Labute approximate surface area is 80.4 Å². The van der Waals surface area contributed by atoms with Gasteiger partial charge in [-0.3, -0.25) is 4.98 Å². The molecule has 1 saturated heterocycles. The number of hydrogen-bond donors (Lipinski definition) is 1. The fourth-order valence-electron chi connectivity index (χ4n) is 1.52. The second-order valence-corrected chi connectivity index (χ2v) is 2.90. The first-order valence-electron chi connectivity index (χ1n) is 5.11. The Morgan fingerprint density at radius 2 is 2.23 bits per heavy atom. The predicted octanol–water partition coefficient (Wildman–Crippen LogP) is 2.53. The summed E-state index contributed by atoms with van der Waals surface area (Å²) in [4.78, 5) is 4.30. The SMILES string of the molecule is CC.c1ccc(C2CCCN2)nc1. The minimum Gasteiger partial charge on any atom is -0.309 e. The highest BCUT2D eigenvalue weighted by atomic mass is 15.0. The van der Waals surface area contributed by atoms with Crippen LogP contribution in [0.4, 0.5) is 0 Å². The number of nitrogens with one attached hydrogen (secondary N) is 1. The zero-order valence-corrected chi connectivity index (χ0v) is 8.46. The standard InChI is InChI=1S/C9H12N2.C2H6/c1-2-6-10-8(4-1)9-5-3-7-11-9;1-2/h1-2,4,6,9,11H,3,5,7H2;1-2H3. The molecule has 1 aromatic rings. The Balaban J connectivity index is 0.000000396. The lowest BCUT2D eigenvalue weighted by Crippen LogP contribution is -2.13. The summed E-state index contributed by atoms with van der Waals surface area (Å²) in [5.41, 5.74) is 1.19. The second kappa shape index (κ2) is 5.70. The van der Waals surface area contributed by atoms with E-state index in [0.717, 1.165) is 6.54 Å². The lowest BCUT2D eigenvalue weighted by atomic mass is 10.1. The molecule has 0 radical (unpaired) electrons. The van der Waals surface area contributed by atoms with Crippen LogP contribution in [0.5, 0.6) is 0 Å². The Morgan fingerprint density at radius 1 is 1.38 bits per heavy atom. The highest BCUT2D eigenvalue weighted by Crippen LogP contribution is 2.19. The van der Waals surface area contributed by atoms with Crippen molar-refractivity contribution in [2.75, 3.05) is 6.54 Å². The molecule has 1 N–H and O–H groups in total. The zero-order chi connectivity index (χ0) is 9.52. The molecule has 0 amide bonds. The first-order valence-corrected chi connectivity index (χ1v) is 5.11. The maximum Gasteiger partial charge on any atom is 0.0573 e. The summed E-state index contributed by atoms with van der Waals surface area (Å²) in [7, 11) is 0. The number of rotatable bonds is 1. The molecule has 0 aliphatic carbocycles. The number of pyridine rings is 1. The number of aromatic nitrogens is 1. The van der Waals surface area contributed by atoms with Crippen LogP contribution in [0.2, 0.25) is 0 Å². The third-order valence-electron chi connectivity index (χ3n) is 2.11. The van der Waals surface area contributed by atoms with Crippen molar-refractivity contribution in [2.45, 2.75) is 32.7 Å². The van der Waals surface area contributed by atoms with E-state index in [1.807, 2.05) is 32.2 Å². The first kappa shape index (κ1) is 10.2. The smallest absolute Gasteiger partial charge is 0.0573 e. The first-order chi connectivity index (χ1) is 6.47. The van der Waals surface area contributed by atoms with Gasteiger partial charge in [-0.05, 0) is 31.5 Å². The van der Waals surface area contributed by atoms with Gasteiger partial charge in [-0.1, -0.05) is 19.9 Å². The van der Waals surface area contributed by atoms with Crippen molar-refractivity contribution < 1.29 is 0 Å². The van der Waals surface area contributed by atoms with Gasteiger partial charge in [0.2, 0.25) is 0 Å². The van der Waals surface area contributed by atoms with Gasteiger partial charge in [0.05, 0.1) is 5.69 Å². The van der Waals surface area contributed by atoms with Gasteiger partial charge in [0.1, 0.15) is 0 Å². The lowest BCUT2D eigenvalue weighted by Gasteiger charge is -2.07. The van der Waals surface area contributed by atoms with E-state index in [2.05, 4.69) is 16.4 Å². The fourth-order valence-corrected chi connectivity index (χ4v) is 1.52. The van der Waals surface area contributed by atoms with Gasteiger partial charge in [-0.25, -0.2) is 0 Å². The molecule has 1 aliphatic rings. The van der Waals surface area contributed by atoms with Gasteiger partial charge in [-0.2, -0.15) is 0 Å². The third-order valence-corrected chi connectivity index (χ3v) is 2.11. The van der Waals surface area contributed by atoms with Crippen molar-refractivity contribution in [3.05, 3.63) is 30.1 Å². The molecule has 0 bridgehead atoms. The van der Waals surface area contributed by atoms with E-state index in [9.17, 15) is 0 Å². The molecule has 2 rings (SSSR count). The lowest BCUT2D eigenvalue weighted by molar-refractivity contribution is 0.628. The predicted molar refractivity (Wildman–Crippen MR) is 55.6 cm³/mol. The van der Waals surface area contributed by atoms with Crippen LogP contribution in [0, 0.1) is 0 Å².